The molecule has 1 heterocycles. The minimum absolute atomic E-state index is 0.0706. The highest BCUT2D eigenvalue weighted by molar-refractivity contribution is 9.10. The van der Waals surface area contributed by atoms with Gasteiger partial charge in [-0.3, -0.25) is 9.59 Å². The number of halogens is 1. The molecule has 0 fully saturated rings. The van der Waals surface area contributed by atoms with Crippen molar-refractivity contribution in [1.82, 2.24) is 9.99 Å². The third-order valence-corrected chi connectivity index (χ3v) is 4.20. The summed E-state index contributed by atoms with van der Waals surface area (Å²) < 4.78 is 8.01. The van der Waals surface area contributed by atoms with E-state index in [0.29, 0.717) is 5.75 Å². The first-order valence-corrected chi connectivity index (χ1v) is 8.88. The second kappa shape index (κ2) is 8.50. The van der Waals surface area contributed by atoms with Crippen LogP contribution in [0.25, 0.3) is 10.9 Å². The Labute approximate surface area is 163 Å². The zero-order chi connectivity index (χ0) is 19.2. The number of aromatic nitrogens is 1. The number of hydrazone groups is 1. The summed E-state index contributed by atoms with van der Waals surface area (Å²) in [4.78, 5) is 23.1. The number of benzene rings is 2. The van der Waals surface area contributed by atoms with Gasteiger partial charge >= 0.3 is 0 Å². The molecule has 0 unspecified atom stereocenters. The number of rotatable bonds is 7. The van der Waals surface area contributed by atoms with Crippen molar-refractivity contribution in [2.45, 2.75) is 6.54 Å². The lowest BCUT2D eigenvalue weighted by atomic mass is 10.2. The SMILES string of the molecule is NC(=O)Cn1cc(C=NNC(=O)COc2cccc(Br)c2)c2ccccc21. The van der Waals surface area contributed by atoms with Crippen molar-refractivity contribution in [3.05, 3.63) is 64.8 Å². The van der Waals surface area contributed by atoms with Gasteiger partial charge in [-0.2, -0.15) is 5.10 Å². The molecule has 0 spiro atoms. The molecule has 7 nitrogen and oxygen atoms in total. The molecule has 0 bridgehead atoms. The lowest BCUT2D eigenvalue weighted by Gasteiger charge is -2.04. The first kappa shape index (κ1) is 18.7. The van der Waals surface area contributed by atoms with Crippen LogP contribution in [0.5, 0.6) is 5.75 Å². The van der Waals surface area contributed by atoms with Gasteiger partial charge < -0.3 is 15.0 Å². The predicted octanol–water partition coefficient (Wildman–Crippen LogP) is 2.42. The number of hydrogen-bond acceptors (Lipinski definition) is 4. The van der Waals surface area contributed by atoms with Crippen LogP contribution < -0.4 is 15.9 Å². The Morgan fingerprint density at radius 1 is 1.22 bits per heavy atom. The van der Waals surface area contributed by atoms with E-state index in [9.17, 15) is 9.59 Å². The highest BCUT2D eigenvalue weighted by Gasteiger charge is 2.08. The number of carbonyl (C=O) groups is 2. The number of fused-ring (bicyclic) bond motifs is 1. The van der Waals surface area contributed by atoms with Crippen LogP contribution in [0.4, 0.5) is 0 Å². The third kappa shape index (κ3) is 4.95. The monoisotopic (exact) mass is 428 g/mol. The Morgan fingerprint density at radius 2 is 2.04 bits per heavy atom. The van der Waals surface area contributed by atoms with Crippen molar-refractivity contribution >= 4 is 44.9 Å². The van der Waals surface area contributed by atoms with E-state index in [1.165, 1.54) is 6.21 Å². The molecule has 0 saturated carbocycles. The number of ether oxygens (including phenoxy) is 1. The quantitative estimate of drug-likeness (QED) is 0.446. The maximum absolute atomic E-state index is 11.9. The molecule has 0 radical (unpaired) electrons. The van der Waals surface area contributed by atoms with Crippen LogP contribution >= 0.6 is 15.9 Å². The predicted molar refractivity (Wildman–Crippen MR) is 107 cm³/mol. The van der Waals surface area contributed by atoms with Crippen LogP contribution in [-0.4, -0.2) is 29.2 Å². The zero-order valence-electron chi connectivity index (χ0n) is 14.3. The van der Waals surface area contributed by atoms with Crippen molar-refractivity contribution in [2.24, 2.45) is 10.8 Å². The van der Waals surface area contributed by atoms with E-state index in [1.54, 1.807) is 22.9 Å². The summed E-state index contributed by atoms with van der Waals surface area (Å²) in [6.45, 7) is -0.0849. The molecule has 1 aromatic heterocycles. The number of nitrogens with zero attached hydrogens (tertiary/aromatic N) is 2. The lowest BCUT2D eigenvalue weighted by Crippen LogP contribution is -2.24. The van der Waals surface area contributed by atoms with Crippen molar-refractivity contribution in [3.63, 3.8) is 0 Å². The van der Waals surface area contributed by atoms with Crippen LogP contribution in [0.15, 0.2) is 64.3 Å². The van der Waals surface area contributed by atoms with E-state index in [-0.39, 0.29) is 19.1 Å². The van der Waals surface area contributed by atoms with Crippen LogP contribution in [0.3, 0.4) is 0 Å². The van der Waals surface area contributed by atoms with Crippen molar-refractivity contribution in [3.8, 4) is 5.75 Å². The first-order chi connectivity index (χ1) is 13.0. The van der Waals surface area contributed by atoms with Crippen molar-refractivity contribution in [2.75, 3.05) is 6.61 Å². The fourth-order valence-corrected chi connectivity index (χ4v) is 2.97. The molecule has 3 N–H and O–H groups in total. The molecular formula is C19H17BrN4O3. The fourth-order valence-electron chi connectivity index (χ4n) is 2.59. The molecule has 138 valence electrons. The average molecular weight is 429 g/mol. The van der Waals surface area contributed by atoms with E-state index in [1.807, 2.05) is 36.4 Å². The van der Waals surface area contributed by atoms with Gasteiger partial charge in [-0.05, 0) is 24.3 Å². The summed E-state index contributed by atoms with van der Waals surface area (Å²) in [5.74, 6) is -0.234. The molecule has 0 aliphatic carbocycles. The van der Waals surface area contributed by atoms with Gasteiger partial charge in [-0.1, -0.05) is 40.2 Å². The van der Waals surface area contributed by atoms with E-state index in [0.717, 1.165) is 20.9 Å². The Bertz CT molecular complexity index is 1010. The summed E-state index contributed by atoms with van der Waals surface area (Å²) in [5.41, 5.74) is 9.34. The molecule has 3 aromatic rings. The number of carbonyl (C=O) groups excluding carboxylic acids is 2. The Morgan fingerprint density at radius 3 is 2.81 bits per heavy atom. The standard InChI is InChI=1S/C19H17BrN4O3/c20-14-4-3-5-15(8-14)27-12-19(26)23-22-9-13-10-24(11-18(21)25)17-7-2-1-6-16(13)17/h1-10H,11-12H2,(H2,21,25)(H,23,26). The lowest BCUT2D eigenvalue weighted by molar-refractivity contribution is -0.123. The summed E-state index contributed by atoms with van der Waals surface area (Å²) in [5, 5.41) is 4.88. The Kier molecular flexibility index (Phi) is 5.87. The Balaban J connectivity index is 1.64. The van der Waals surface area contributed by atoms with Crippen LogP contribution in [0.2, 0.25) is 0 Å². The van der Waals surface area contributed by atoms with E-state index in [4.69, 9.17) is 10.5 Å². The number of amides is 2. The molecule has 8 heteroatoms. The number of nitrogens with two attached hydrogens (primary N) is 1. The van der Waals surface area contributed by atoms with Gasteiger partial charge in [0, 0.05) is 27.1 Å². The van der Waals surface area contributed by atoms with Crippen LogP contribution in [0, 0.1) is 0 Å². The number of para-hydroxylation sites is 1. The summed E-state index contributed by atoms with van der Waals surface area (Å²) in [7, 11) is 0. The van der Waals surface area contributed by atoms with E-state index in [2.05, 4.69) is 26.5 Å². The molecule has 27 heavy (non-hydrogen) atoms. The van der Waals surface area contributed by atoms with Crippen LogP contribution in [-0.2, 0) is 16.1 Å². The molecule has 0 aliphatic heterocycles. The minimum atomic E-state index is -0.433. The Hall–Kier alpha value is -3.13. The molecular weight excluding hydrogens is 412 g/mol. The third-order valence-electron chi connectivity index (χ3n) is 3.70. The van der Waals surface area contributed by atoms with E-state index < -0.39 is 5.91 Å². The normalized spacial score (nSPS) is 11.0. The van der Waals surface area contributed by atoms with Crippen LogP contribution in [0.1, 0.15) is 5.56 Å². The van der Waals surface area contributed by atoms with Crippen molar-refractivity contribution in [1.29, 1.82) is 0 Å². The maximum atomic E-state index is 11.9. The molecule has 2 amide bonds. The zero-order valence-corrected chi connectivity index (χ0v) is 15.8. The van der Waals surface area contributed by atoms with Gasteiger partial charge in [0.05, 0.1) is 6.21 Å². The molecule has 2 aromatic carbocycles. The van der Waals surface area contributed by atoms with Gasteiger partial charge in [0.2, 0.25) is 5.91 Å². The molecule has 0 aliphatic rings. The van der Waals surface area contributed by atoms with Gasteiger partial charge in [0.1, 0.15) is 12.3 Å². The van der Waals surface area contributed by atoms with Crippen molar-refractivity contribution < 1.29 is 14.3 Å². The second-order valence-corrected chi connectivity index (χ2v) is 6.65. The first-order valence-electron chi connectivity index (χ1n) is 8.09. The van der Waals surface area contributed by atoms with E-state index >= 15 is 0 Å². The van der Waals surface area contributed by atoms with Gasteiger partial charge in [0.15, 0.2) is 6.61 Å². The largest absolute Gasteiger partial charge is 0.484 e. The average Bonchev–Trinajstić information content (AvgIpc) is 2.97. The van der Waals surface area contributed by atoms with Gasteiger partial charge in [0.25, 0.3) is 5.91 Å². The summed E-state index contributed by atoms with van der Waals surface area (Å²) in [6.07, 6.45) is 3.29. The molecule has 3 rings (SSSR count). The number of primary amides is 1. The molecule has 0 atom stereocenters. The highest BCUT2D eigenvalue weighted by atomic mass is 79.9. The van der Waals surface area contributed by atoms with Gasteiger partial charge in [-0.25, -0.2) is 5.43 Å². The number of hydrogen-bond donors (Lipinski definition) is 2. The van der Waals surface area contributed by atoms with Gasteiger partial charge in [-0.15, -0.1) is 0 Å². The number of nitrogens with one attached hydrogen (secondary N) is 1. The second-order valence-electron chi connectivity index (χ2n) is 5.74. The maximum Gasteiger partial charge on any atom is 0.277 e. The topological polar surface area (TPSA) is 98.7 Å². The minimum Gasteiger partial charge on any atom is -0.484 e. The smallest absolute Gasteiger partial charge is 0.277 e. The molecule has 0 saturated heterocycles. The highest BCUT2D eigenvalue weighted by Crippen LogP contribution is 2.20. The summed E-state index contributed by atoms with van der Waals surface area (Å²) >= 11 is 3.34. The summed E-state index contributed by atoms with van der Waals surface area (Å²) in [6, 6.07) is 14.8. The fraction of sp³-hybridized carbons (Fsp3) is 0.105.